The van der Waals surface area contributed by atoms with Gasteiger partial charge in [0.2, 0.25) is 5.91 Å². The van der Waals surface area contributed by atoms with Crippen LogP contribution in [0.5, 0.6) is 0 Å². The van der Waals surface area contributed by atoms with Crippen molar-refractivity contribution in [3.8, 4) is 0 Å². The number of likely N-dealkylation sites (tertiary alicyclic amines) is 1. The van der Waals surface area contributed by atoms with Gasteiger partial charge in [0, 0.05) is 57.8 Å². The molecule has 3 N–H and O–H groups in total. The minimum Gasteiger partial charge on any atom is -0.382 e. The van der Waals surface area contributed by atoms with Crippen molar-refractivity contribution < 1.29 is 9.59 Å². The van der Waals surface area contributed by atoms with Crippen molar-refractivity contribution in [2.75, 3.05) is 50.4 Å². The molecule has 10 heteroatoms. The third-order valence-corrected chi connectivity index (χ3v) is 8.80. The molecule has 3 aliphatic rings. The molecule has 2 saturated heterocycles. The topological polar surface area (TPSA) is 108 Å². The fourth-order valence-electron chi connectivity index (χ4n) is 6.40. The Morgan fingerprint density at radius 1 is 1.08 bits per heavy atom. The highest BCUT2D eigenvalue weighted by Crippen LogP contribution is 2.31. The summed E-state index contributed by atoms with van der Waals surface area (Å²) in [7, 11) is 1.52. The zero-order valence-electron chi connectivity index (χ0n) is 22.3. The van der Waals surface area contributed by atoms with Gasteiger partial charge in [0.25, 0.3) is 5.91 Å². The van der Waals surface area contributed by atoms with Gasteiger partial charge in [-0.1, -0.05) is 42.8 Å². The van der Waals surface area contributed by atoms with Crippen LogP contribution in [0.4, 0.5) is 11.6 Å². The van der Waals surface area contributed by atoms with Crippen molar-refractivity contribution in [1.29, 1.82) is 0 Å². The van der Waals surface area contributed by atoms with Gasteiger partial charge in [-0.25, -0.2) is 9.97 Å². The minimum absolute atomic E-state index is 0.0469. The summed E-state index contributed by atoms with van der Waals surface area (Å²) >= 11 is 6.45. The SMILES string of the molecule is CC[C@H]1CN(c2nc(N)c(C(=O)NC)nc2Cl)CCN1C1CCN(C(=O)C2CCc3ccccc3C2)CC1. The van der Waals surface area contributed by atoms with Crippen molar-refractivity contribution in [1.82, 2.24) is 25.1 Å². The van der Waals surface area contributed by atoms with Crippen LogP contribution in [0.2, 0.25) is 5.15 Å². The number of nitrogens with one attached hydrogen (secondary N) is 1. The Bertz CT molecular complexity index is 1180. The first-order chi connectivity index (χ1) is 18.4. The monoisotopic (exact) mass is 539 g/mol. The molecule has 2 aromatic rings. The summed E-state index contributed by atoms with van der Waals surface area (Å²) in [6.07, 6.45) is 5.82. The van der Waals surface area contributed by atoms with E-state index in [1.165, 1.54) is 18.2 Å². The van der Waals surface area contributed by atoms with Crippen molar-refractivity contribution >= 4 is 35.1 Å². The van der Waals surface area contributed by atoms with Crippen LogP contribution in [0.3, 0.4) is 0 Å². The first-order valence-electron chi connectivity index (χ1n) is 13.8. The predicted octanol–water partition coefficient (Wildman–Crippen LogP) is 2.77. The molecular weight excluding hydrogens is 502 g/mol. The van der Waals surface area contributed by atoms with Crippen LogP contribution < -0.4 is 16.0 Å². The van der Waals surface area contributed by atoms with Gasteiger partial charge in [-0.15, -0.1) is 0 Å². The normalized spacial score (nSPS) is 22.7. The molecule has 1 aliphatic carbocycles. The van der Waals surface area contributed by atoms with E-state index in [4.69, 9.17) is 17.3 Å². The van der Waals surface area contributed by atoms with Crippen LogP contribution in [0.25, 0.3) is 0 Å². The molecule has 0 radical (unpaired) electrons. The predicted molar refractivity (Wildman–Crippen MR) is 149 cm³/mol. The highest BCUT2D eigenvalue weighted by atomic mass is 35.5. The van der Waals surface area contributed by atoms with Gasteiger partial charge in [0.1, 0.15) is 0 Å². The van der Waals surface area contributed by atoms with E-state index in [-0.39, 0.29) is 22.6 Å². The summed E-state index contributed by atoms with van der Waals surface area (Å²) in [5, 5.41) is 2.71. The molecule has 2 fully saturated rings. The Balaban J connectivity index is 1.18. The Kier molecular flexibility index (Phi) is 8.04. The van der Waals surface area contributed by atoms with Crippen molar-refractivity contribution in [3.63, 3.8) is 0 Å². The first kappa shape index (κ1) is 26.7. The lowest BCUT2D eigenvalue weighted by atomic mass is 9.83. The molecule has 2 aliphatic heterocycles. The summed E-state index contributed by atoms with van der Waals surface area (Å²) in [5.74, 6) is 0.655. The maximum Gasteiger partial charge on any atom is 0.273 e. The lowest BCUT2D eigenvalue weighted by molar-refractivity contribution is -0.137. The van der Waals surface area contributed by atoms with Crippen LogP contribution in [0.1, 0.15) is 54.2 Å². The fraction of sp³-hybridized carbons (Fsp3) is 0.571. The summed E-state index contributed by atoms with van der Waals surface area (Å²) in [6, 6.07) is 9.34. The van der Waals surface area contributed by atoms with Crippen LogP contribution in [-0.2, 0) is 17.6 Å². The lowest BCUT2D eigenvalue weighted by Crippen LogP contribution is -2.59. The van der Waals surface area contributed by atoms with Crippen molar-refractivity contribution in [3.05, 3.63) is 46.2 Å². The number of carbonyl (C=O) groups excluding carboxylic acids is 2. The molecule has 1 aromatic heterocycles. The second-order valence-electron chi connectivity index (χ2n) is 10.7. The number of fused-ring (bicyclic) bond motifs is 1. The Morgan fingerprint density at radius 3 is 2.53 bits per heavy atom. The first-order valence-corrected chi connectivity index (χ1v) is 14.2. The number of aryl methyl sites for hydroxylation is 1. The van der Waals surface area contributed by atoms with E-state index < -0.39 is 5.91 Å². The molecule has 2 atom stereocenters. The van der Waals surface area contributed by atoms with Crippen LogP contribution in [0.15, 0.2) is 24.3 Å². The highest BCUT2D eigenvalue weighted by Gasteiger charge is 2.36. The van der Waals surface area contributed by atoms with Gasteiger partial charge in [-0.05, 0) is 49.7 Å². The van der Waals surface area contributed by atoms with Gasteiger partial charge >= 0.3 is 0 Å². The summed E-state index contributed by atoms with van der Waals surface area (Å²) in [4.78, 5) is 40.9. The molecule has 5 rings (SSSR count). The number of nitrogens with zero attached hydrogens (tertiary/aromatic N) is 5. The minimum atomic E-state index is -0.405. The third-order valence-electron chi connectivity index (χ3n) is 8.55. The molecule has 0 saturated carbocycles. The van der Waals surface area contributed by atoms with E-state index in [9.17, 15) is 9.59 Å². The number of benzene rings is 1. The standard InChI is InChI=1S/C28H38ClN7O2/c1-3-21-17-35(26-24(29)32-23(25(30)33-26)27(37)31-2)14-15-36(21)22-10-12-34(13-11-22)28(38)20-9-8-18-6-4-5-7-19(18)16-20/h4-7,20-22H,3,8-17H2,1-2H3,(H2,30,33)(H,31,37)/t20?,21-/m0/s1. The Labute approximate surface area is 229 Å². The van der Waals surface area contributed by atoms with E-state index in [1.54, 1.807) is 0 Å². The number of nitrogens with two attached hydrogens (primary N) is 1. The number of amides is 2. The lowest BCUT2D eigenvalue weighted by Gasteiger charge is -2.48. The number of rotatable bonds is 5. The molecule has 9 nitrogen and oxygen atoms in total. The number of aromatic nitrogens is 2. The maximum absolute atomic E-state index is 13.4. The van der Waals surface area contributed by atoms with Crippen LogP contribution >= 0.6 is 11.6 Å². The zero-order chi connectivity index (χ0) is 26.8. The molecule has 38 heavy (non-hydrogen) atoms. The van der Waals surface area contributed by atoms with E-state index in [0.29, 0.717) is 23.8 Å². The number of hydrogen-bond acceptors (Lipinski definition) is 7. The second-order valence-corrected chi connectivity index (χ2v) is 11.0. The molecule has 0 spiro atoms. The molecule has 204 valence electrons. The van der Waals surface area contributed by atoms with E-state index in [0.717, 1.165) is 71.2 Å². The molecule has 1 unspecified atom stereocenters. The number of anilines is 2. The van der Waals surface area contributed by atoms with Crippen LogP contribution in [-0.4, -0.2) is 83.4 Å². The quantitative estimate of drug-likeness (QED) is 0.601. The van der Waals surface area contributed by atoms with Gasteiger partial charge in [-0.2, -0.15) is 0 Å². The second kappa shape index (κ2) is 11.5. The fourth-order valence-corrected chi connectivity index (χ4v) is 6.64. The van der Waals surface area contributed by atoms with Gasteiger partial charge in [0.15, 0.2) is 22.5 Å². The summed E-state index contributed by atoms with van der Waals surface area (Å²) in [5.41, 5.74) is 8.82. The van der Waals surface area contributed by atoms with E-state index in [2.05, 4.69) is 61.2 Å². The van der Waals surface area contributed by atoms with Crippen molar-refractivity contribution in [2.24, 2.45) is 5.92 Å². The number of carbonyl (C=O) groups is 2. The molecule has 3 heterocycles. The zero-order valence-corrected chi connectivity index (χ0v) is 23.1. The number of nitrogen functional groups attached to an aromatic ring is 1. The molecule has 0 bridgehead atoms. The largest absolute Gasteiger partial charge is 0.382 e. The average molecular weight is 540 g/mol. The summed E-state index contributed by atoms with van der Waals surface area (Å²) in [6.45, 7) is 6.26. The van der Waals surface area contributed by atoms with Gasteiger partial charge in [0.05, 0.1) is 0 Å². The maximum atomic E-state index is 13.4. The smallest absolute Gasteiger partial charge is 0.273 e. The molecular formula is C28H38ClN7O2. The molecule has 2 amide bonds. The Hall–Kier alpha value is -2.91. The van der Waals surface area contributed by atoms with E-state index >= 15 is 0 Å². The third kappa shape index (κ3) is 5.31. The highest BCUT2D eigenvalue weighted by molar-refractivity contribution is 6.32. The number of piperidine rings is 1. The average Bonchev–Trinajstić information content (AvgIpc) is 2.96. The Morgan fingerprint density at radius 2 is 1.82 bits per heavy atom. The molecule has 1 aromatic carbocycles. The number of hydrogen-bond donors (Lipinski definition) is 2. The van der Waals surface area contributed by atoms with E-state index in [1.807, 2.05) is 0 Å². The number of halogens is 1. The van der Waals surface area contributed by atoms with Gasteiger partial charge < -0.3 is 20.9 Å². The van der Waals surface area contributed by atoms with Gasteiger partial charge in [-0.3, -0.25) is 14.5 Å². The van der Waals surface area contributed by atoms with Crippen molar-refractivity contribution in [2.45, 2.75) is 57.5 Å². The number of piperazine rings is 1. The summed E-state index contributed by atoms with van der Waals surface area (Å²) < 4.78 is 0. The van der Waals surface area contributed by atoms with Crippen LogP contribution in [0, 0.1) is 5.92 Å².